The Bertz CT molecular complexity index is 467. The van der Waals surface area contributed by atoms with Gasteiger partial charge in [-0.3, -0.25) is 4.90 Å². The fourth-order valence-electron chi connectivity index (χ4n) is 1.89. The lowest BCUT2D eigenvalue weighted by Gasteiger charge is -2.18. The minimum absolute atomic E-state index is 0.365. The molecule has 0 aliphatic heterocycles. The molecule has 0 aliphatic carbocycles. The molecule has 0 fully saturated rings. The zero-order valence-corrected chi connectivity index (χ0v) is 11.5. The molecule has 1 N–H and O–H groups in total. The Kier molecular flexibility index (Phi) is 4.66. The summed E-state index contributed by atoms with van der Waals surface area (Å²) in [5.41, 5.74) is 1.04. The number of hydrogen-bond donors (Lipinski definition) is 1. The number of fused-ring (bicyclic) bond motifs is 1. The number of thiazole rings is 1. The second-order valence-corrected chi connectivity index (χ2v) is 5.50. The van der Waals surface area contributed by atoms with Gasteiger partial charge in [-0.25, -0.2) is 4.98 Å². The number of ether oxygens (including phenoxy) is 1. The van der Waals surface area contributed by atoms with Crippen LogP contribution in [0.15, 0.2) is 24.3 Å². The van der Waals surface area contributed by atoms with Gasteiger partial charge in [0.25, 0.3) is 0 Å². The van der Waals surface area contributed by atoms with E-state index in [0.717, 1.165) is 17.1 Å². The zero-order chi connectivity index (χ0) is 13.0. The van der Waals surface area contributed by atoms with E-state index in [1.807, 2.05) is 25.2 Å². The Morgan fingerprint density at radius 3 is 2.94 bits per heavy atom. The lowest BCUT2D eigenvalue weighted by atomic mass is 10.3. The maximum Gasteiger partial charge on any atom is 0.108 e. The molecule has 0 radical (unpaired) electrons. The van der Waals surface area contributed by atoms with Crippen molar-refractivity contribution in [2.75, 3.05) is 27.3 Å². The van der Waals surface area contributed by atoms with Gasteiger partial charge in [0.05, 0.1) is 29.5 Å². The first-order chi connectivity index (χ1) is 8.69. The highest BCUT2D eigenvalue weighted by molar-refractivity contribution is 7.18. The van der Waals surface area contributed by atoms with Crippen LogP contribution in [0.3, 0.4) is 0 Å². The molecule has 0 saturated carbocycles. The minimum Gasteiger partial charge on any atom is -0.389 e. The molecule has 5 heteroatoms. The van der Waals surface area contributed by atoms with Crippen molar-refractivity contribution < 1.29 is 9.84 Å². The lowest BCUT2D eigenvalue weighted by Crippen LogP contribution is -2.31. The largest absolute Gasteiger partial charge is 0.389 e. The van der Waals surface area contributed by atoms with Crippen LogP contribution in [0.2, 0.25) is 0 Å². The molecule has 98 valence electrons. The lowest BCUT2D eigenvalue weighted by molar-refractivity contribution is 0.0419. The van der Waals surface area contributed by atoms with Crippen LogP contribution in [0.25, 0.3) is 10.2 Å². The summed E-state index contributed by atoms with van der Waals surface area (Å²) in [5, 5.41) is 10.7. The summed E-state index contributed by atoms with van der Waals surface area (Å²) in [7, 11) is 3.57. The predicted octanol–water partition coefficient (Wildman–Crippen LogP) is 1.74. The van der Waals surface area contributed by atoms with Crippen LogP contribution in [-0.2, 0) is 11.3 Å². The maximum atomic E-state index is 9.65. The van der Waals surface area contributed by atoms with Gasteiger partial charge in [-0.2, -0.15) is 0 Å². The molecule has 0 bridgehead atoms. The summed E-state index contributed by atoms with van der Waals surface area (Å²) in [6.45, 7) is 1.70. The number of rotatable bonds is 6. The number of benzene rings is 1. The fraction of sp³-hybridized carbons (Fsp3) is 0.462. The van der Waals surface area contributed by atoms with Crippen molar-refractivity contribution in [1.29, 1.82) is 0 Å². The molecular formula is C13H18N2O2S. The second-order valence-electron chi connectivity index (χ2n) is 4.38. The van der Waals surface area contributed by atoms with Crippen molar-refractivity contribution >= 4 is 21.6 Å². The second kappa shape index (κ2) is 6.24. The van der Waals surface area contributed by atoms with Crippen molar-refractivity contribution in [1.82, 2.24) is 9.88 Å². The van der Waals surface area contributed by atoms with Crippen LogP contribution in [-0.4, -0.2) is 48.4 Å². The highest BCUT2D eigenvalue weighted by atomic mass is 32.1. The topological polar surface area (TPSA) is 45.6 Å². The van der Waals surface area contributed by atoms with Crippen molar-refractivity contribution in [2.24, 2.45) is 0 Å². The van der Waals surface area contributed by atoms with Crippen LogP contribution in [0.5, 0.6) is 0 Å². The molecule has 1 unspecified atom stereocenters. The van der Waals surface area contributed by atoms with Gasteiger partial charge in [-0.1, -0.05) is 12.1 Å². The quantitative estimate of drug-likeness (QED) is 0.865. The van der Waals surface area contributed by atoms with Gasteiger partial charge in [0, 0.05) is 13.7 Å². The molecule has 0 spiro atoms. The van der Waals surface area contributed by atoms with E-state index in [9.17, 15) is 5.11 Å². The monoisotopic (exact) mass is 266 g/mol. The molecule has 1 atom stereocenters. The average molecular weight is 266 g/mol. The van der Waals surface area contributed by atoms with E-state index in [1.54, 1.807) is 18.4 Å². The molecule has 18 heavy (non-hydrogen) atoms. The van der Waals surface area contributed by atoms with E-state index in [2.05, 4.69) is 16.0 Å². The van der Waals surface area contributed by atoms with Crippen molar-refractivity contribution in [3.05, 3.63) is 29.3 Å². The summed E-state index contributed by atoms with van der Waals surface area (Å²) in [6.07, 6.45) is -0.450. The summed E-state index contributed by atoms with van der Waals surface area (Å²) in [4.78, 5) is 6.63. The van der Waals surface area contributed by atoms with E-state index in [1.165, 1.54) is 4.70 Å². The van der Waals surface area contributed by atoms with Gasteiger partial charge < -0.3 is 9.84 Å². The molecule has 0 aliphatic rings. The molecule has 1 aromatic carbocycles. The van der Waals surface area contributed by atoms with Crippen molar-refractivity contribution in [3.63, 3.8) is 0 Å². The highest BCUT2D eigenvalue weighted by Crippen LogP contribution is 2.22. The first-order valence-corrected chi connectivity index (χ1v) is 6.70. The van der Waals surface area contributed by atoms with E-state index in [0.29, 0.717) is 13.2 Å². The fourth-order valence-corrected chi connectivity index (χ4v) is 2.94. The molecule has 1 heterocycles. The molecule has 1 aromatic heterocycles. The Balaban J connectivity index is 1.96. The Hall–Kier alpha value is -1.01. The smallest absolute Gasteiger partial charge is 0.108 e. The maximum absolute atomic E-state index is 9.65. The summed E-state index contributed by atoms with van der Waals surface area (Å²) < 4.78 is 6.12. The van der Waals surface area contributed by atoms with Crippen molar-refractivity contribution in [3.8, 4) is 0 Å². The zero-order valence-electron chi connectivity index (χ0n) is 10.7. The van der Waals surface area contributed by atoms with Gasteiger partial charge in [0.2, 0.25) is 0 Å². The Morgan fingerprint density at radius 2 is 2.22 bits per heavy atom. The highest BCUT2D eigenvalue weighted by Gasteiger charge is 2.10. The van der Waals surface area contributed by atoms with Gasteiger partial charge >= 0.3 is 0 Å². The molecule has 2 aromatic rings. The molecule has 4 nitrogen and oxygen atoms in total. The third-order valence-electron chi connectivity index (χ3n) is 2.62. The Labute approximate surface area is 111 Å². The van der Waals surface area contributed by atoms with Gasteiger partial charge in [-0.05, 0) is 19.2 Å². The summed E-state index contributed by atoms with van der Waals surface area (Å²) in [5.74, 6) is 0. The molecule has 0 amide bonds. The number of likely N-dealkylation sites (N-methyl/N-ethyl adjacent to an activating group) is 1. The number of hydrogen-bond acceptors (Lipinski definition) is 5. The summed E-state index contributed by atoms with van der Waals surface area (Å²) >= 11 is 1.70. The van der Waals surface area contributed by atoms with Gasteiger partial charge in [0.15, 0.2) is 0 Å². The van der Waals surface area contributed by atoms with E-state index in [4.69, 9.17) is 4.74 Å². The van der Waals surface area contributed by atoms with Crippen LogP contribution in [0, 0.1) is 0 Å². The van der Waals surface area contributed by atoms with E-state index >= 15 is 0 Å². The van der Waals surface area contributed by atoms with Crippen molar-refractivity contribution in [2.45, 2.75) is 12.6 Å². The Morgan fingerprint density at radius 1 is 1.44 bits per heavy atom. The van der Waals surface area contributed by atoms with E-state index < -0.39 is 6.10 Å². The van der Waals surface area contributed by atoms with Crippen LogP contribution < -0.4 is 0 Å². The summed E-state index contributed by atoms with van der Waals surface area (Å²) in [6, 6.07) is 8.12. The third kappa shape index (κ3) is 3.49. The van der Waals surface area contributed by atoms with Gasteiger partial charge in [0.1, 0.15) is 5.01 Å². The molecular weight excluding hydrogens is 248 g/mol. The number of nitrogens with zero attached hydrogens (tertiary/aromatic N) is 2. The predicted molar refractivity (Wildman–Crippen MR) is 73.8 cm³/mol. The normalized spacial score (nSPS) is 13.3. The van der Waals surface area contributed by atoms with E-state index in [-0.39, 0.29) is 0 Å². The molecule has 0 saturated heterocycles. The van der Waals surface area contributed by atoms with Crippen LogP contribution in [0.4, 0.5) is 0 Å². The van der Waals surface area contributed by atoms with Gasteiger partial charge in [-0.15, -0.1) is 11.3 Å². The number of aliphatic hydroxyl groups excluding tert-OH is 1. The first kappa shape index (κ1) is 13.4. The average Bonchev–Trinajstić information content (AvgIpc) is 2.70. The molecule has 2 rings (SSSR count). The number of aliphatic hydroxyl groups is 1. The standard InChI is InChI=1S/C13H18N2O2S/c1-15(7-10(16)9-17-2)8-13-14-11-5-3-4-6-12(11)18-13/h3-6,10,16H,7-9H2,1-2H3. The number of para-hydroxylation sites is 1. The third-order valence-corrected chi connectivity index (χ3v) is 3.65. The van der Waals surface area contributed by atoms with Crippen LogP contribution in [0.1, 0.15) is 5.01 Å². The first-order valence-electron chi connectivity index (χ1n) is 5.89. The number of methoxy groups -OCH3 is 1. The minimum atomic E-state index is -0.450. The number of aromatic nitrogens is 1. The SMILES string of the molecule is COCC(O)CN(C)Cc1nc2ccccc2s1. The van der Waals surface area contributed by atoms with Crippen LogP contribution >= 0.6 is 11.3 Å².